The molecule has 4 rings (SSSR count). The minimum atomic E-state index is 0.575. The lowest BCUT2D eigenvalue weighted by molar-refractivity contribution is 0.0742. The molecule has 1 aliphatic heterocycles. The van der Waals surface area contributed by atoms with Crippen LogP contribution in [0.4, 0.5) is 5.69 Å². The molecular weight excluding hydrogens is 236 g/mol. The van der Waals surface area contributed by atoms with Crippen LogP contribution < -0.4 is 0 Å². The lowest BCUT2D eigenvalue weighted by Crippen LogP contribution is -2.51. The second-order valence-electron chi connectivity index (χ2n) is 5.75. The summed E-state index contributed by atoms with van der Waals surface area (Å²) >= 11 is 0. The molecule has 0 amide bonds. The van der Waals surface area contributed by atoms with Gasteiger partial charge in [-0.1, -0.05) is 30.4 Å². The molecule has 2 bridgehead atoms. The van der Waals surface area contributed by atoms with Gasteiger partial charge in [0, 0.05) is 19.0 Å². The third-order valence-electron chi connectivity index (χ3n) is 4.71. The number of hydrogen-bond donors (Lipinski definition) is 0. The molecule has 3 aliphatic rings. The summed E-state index contributed by atoms with van der Waals surface area (Å²) < 4.78 is 5.90. The molecule has 3 heteroatoms. The van der Waals surface area contributed by atoms with Gasteiger partial charge in [0.25, 0.3) is 6.02 Å². The van der Waals surface area contributed by atoms with Crippen molar-refractivity contribution in [2.75, 3.05) is 13.7 Å². The molecule has 2 fully saturated rings. The number of rotatable bonds is 1. The Bertz CT molecular complexity index is 537. The van der Waals surface area contributed by atoms with Crippen molar-refractivity contribution in [2.45, 2.75) is 12.5 Å². The lowest BCUT2D eigenvalue weighted by Gasteiger charge is -2.41. The molecular formula is C16H18N2O. The normalized spacial score (nSPS) is 37.5. The summed E-state index contributed by atoms with van der Waals surface area (Å²) in [7, 11) is 2.12. The van der Waals surface area contributed by atoms with Crippen LogP contribution in [0, 0.1) is 17.8 Å². The first-order chi connectivity index (χ1) is 9.33. The molecule has 1 heterocycles. The molecule has 2 aliphatic carbocycles. The fourth-order valence-corrected chi connectivity index (χ4v) is 3.82. The molecule has 0 spiro atoms. The van der Waals surface area contributed by atoms with E-state index in [4.69, 9.17) is 4.74 Å². The Balaban J connectivity index is 1.63. The van der Waals surface area contributed by atoms with E-state index >= 15 is 0 Å². The first-order valence-electron chi connectivity index (χ1n) is 7.00. The molecule has 4 atom stereocenters. The number of para-hydroxylation sites is 1. The Labute approximate surface area is 113 Å². The third kappa shape index (κ3) is 1.68. The van der Waals surface area contributed by atoms with E-state index < -0.39 is 0 Å². The Morgan fingerprint density at radius 1 is 1.16 bits per heavy atom. The summed E-state index contributed by atoms with van der Waals surface area (Å²) in [6, 6.07) is 11.4. The van der Waals surface area contributed by atoms with E-state index in [2.05, 4.69) is 29.1 Å². The lowest BCUT2D eigenvalue weighted by atomic mass is 9.88. The highest BCUT2D eigenvalue weighted by atomic mass is 16.5. The minimum Gasteiger partial charge on any atom is -0.464 e. The van der Waals surface area contributed by atoms with E-state index in [9.17, 15) is 0 Å². The van der Waals surface area contributed by atoms with Crippen molar-refractivity contribution in [2.24, 2.45) is 22.7 Å². The molecule has 98 valence electrons. The molecule has 19 heavy (non-hydrogen) atoms. The van der Waals surface area contributed by atoms with Crippen molar-refractivity contribution in [1.82, 2.24) is 4.90 Å². The smallest absolute Gasteiger partial charge is 0.292 e. The van der Waals surface area contributed by atoms with Gasteiger partial charge in [-0.25, -0.2) is 0 Å². The monoisotopic (exact) mass is 254 g/mol. The molecule has 3 nitrogen and oxygen atoms in total. The van der Waals surface area contributed by atoms with Gasteiger partial charge in [0.05, 0.1) is 12.3 Å². The summed E-state index contributed by atoms with van der Waals surface area (Å²) in [6.07, 6.45) is 6.05. The molecule has 0 aromatic heterocycles. The molecule has 4 unspecified atom stereocenters. The quantitative estimate of drug-likeness (QED) is 0.720. The van der Waals surface area contributed by atoms with Crippen LogP contribution >= 0.6 is 0 Å². The second-order valence-corrected chi connectivity index (χ2v) is 5.75. The van der Waals surface area contributed by atoms with Gasteiger partial charge in [-0.2, -0.15) is 4.99 Å². The zero-order valence-corrected chi connectivity index (χ0v) is 11.1. The number of nitrogens with zero attached hydrogens (tertiary/aromatic N) is 2. The number of ether oxygens (including phenoxy) is 1. The highest BCUT2D eigenvalue weighted by Crippen LogP contribution is 2.47. The average molecular weight is 254 g/mol. The summed E-state index contributed by atoms with van der Waals surface area (Å²) in [5.41, 5.74) is 0.960. The van der Waals surface area contributed by atoms with Crippen molar-refractivity contribution in [3.05, 3.63) is 42.5 Å². The van der Waals surface area contributed by atoms with Gasteiger partial charge < -0.3 is 9.64 Å². The van der Waals surface area contributed by atoms with E-state index in [1.54, 1.807) is 0 Å². The minimum absolute atomic E-state index is 0.575. The Hall–Kier alpha value is -1.77. The van der Waals surface area contributed by atoms with Crippen molar-refractivity contribution in [3.8, 4) is 0 Å². The van der Waals surface area contributed by atoms with Gasteiger partial charge in [0.1, 0.15) is 0 Å². The summed E-state index contributed by atoms with van der Waals surface area (Å²) in [5.74, 6) is 2.05. The number of allylic oxidation sites excluding steroid dienone is 1. The van der Waals surface area contributed by atoms with Gasteiger partial charge >= 0.3 is 0 Å². The fraction of sp³-hybridized carbons (Fsp3) is 0.438. The van der Waals surface area contributed by atoms with Crippen LogP contribution in [-0.4, -0.2) is 30.6 Å². The Kier molecular flexibility index (Phi) is 2.40. The second kappa shape index (κ2) is 4.12. The van der Waals surface area contributed by atoms with Crippen molar-refractivity contribution in [1.29, 1.82) is 0 Å². The van der Waals surface area contributed by atoms with Gasteiger partial charge in [-0.05, 0) is 30.4 Å². The van der Waals surface area contributed by atoms with Crippen molar-refractivity contribution >= 4 is 11.7 Å². The first-order valence-corrected chi connectivity index (χ1v) is 7.00. The van der Waals surface area contributed by atoms with Gasteiger partial charge in [-0.15, -0.1) is 0 Å². The zero-order valence-electron chi connectivity index (χ0n) is 11.1. The van der Waals surface area contributed by atoms with Gasteiger partial charge in [0.2, 0.25) is 0 Å². The van der Waals surface area contributed by atoms with Crippen LogP contribution in [0.1, 0.15) is 6.42 Å². The van der Waals surface area contributed by atoms with Crippen molar-refractivity contribution in [3.63, 3.8) is 0 Å². The summed E-state index contributed by atoms with van der Waals surface area (Å²) in [5, 5.41) is 0. The maximum Gasteiger partial charge on any atom is 0.292 e. The van der Waals surface area contributed by atoms with Gasteiger partial charge in [-0.3, -0.25) is 0 Å². The summed E-state index contributed by atoms with van der Waals surface area (Å²) in [6.45, 7) is 0.812. The van der Waals surface area contributed by atoms with E-state index in [-0.39, 0.29) is 0 Å². The molecule has 1 aromatic carbocycles. The highest BCUT2D eigenvalue weighted by molar-refractivity contribution is 5.78. The average Bonchev–Trinajstić information content (AvgIpc) is 3.04. The maximum absolute atomic E-state index is 5.90. The number of hydrogen-bond acceptors (Lipinski definition) is 2. The number of benzene rings is 1. The Morgan fingerprint density at radius 2 is 1.95 bits per heavy atom. The molecule has 1 saturated carbocycles. The largest absolute Gasteiger partial charge is 0.464 e. The first kappa shape index (κ1) is 11.1. The van der Waals surface area contributed by atoms with E-state index in [1.807, 2.05) is 30.3 Å². The van der Waals surface area contributed by atoms with Crippen molar-refractivity contribution < 1.29 is 4.74 Å². The van der Waals surface area contributed by atoms with E-state index in [0.29, 0.717) is 17.9 Å². The molecule has 1 saturated heterocycles. The topological polar surface area (TPSA) is 24.8 Å². The van der Waals surface area contributed by atoms with E-state index in [0.717, 1.165) is 24.2 Å². The SMILES string of the molecule is CN1C(=Nc2ccccc2)OCC2C3C=CC(C3)C21. The number of aliphatic imine (C=N–C) groups is 1. The molecule has 0 N–H and O–H groups in total. The predicted octanol–water partition coefficient (Wildman–Crippen LogP) is 2.83. The third-order valence-corrected chi connectivity index (χ3v) is 4.71. The number of amidine groups is 1. The van der Waals surface area contributed by atoms with Crippen LogP contribution in [-0.2, 0) is 4.74 Å². The highest BCUT2D eigenvalue weighted by Gasteiger charge is 2.50. The zero-order chi connectivity index (χ0) is 12.8. The van der Waals surface area contributed by atoms with E-state index in [1.165, 1.54) is 6.42 Å². The molecule has 1 aromatic rings. The van der Waals surface area contributed by atoms with Crippen LogP contribution in [0.25, 0.3) is 0 Å². The Morgan fingerprint density at radius 3 is 2.79 bits per heavy atom. The standard InChI is InChI=1S/C16H18N2O/c1-18-15-12-8-7-11(9-12)14(15)10-19-16(18)17-13-5-3-2-4-6-13/h2-8,11-12,14-15H,9-10H2,1H3. The fourth-order valence-electron chi connectivity index (χ4n) is 3.82. The van der Waals surface area contributed by atoms with Crippen LogP contribution in [0.15, 0.2) is 47.5 Å². The van der Waals surface area contributed by atoms with Crippen LogP contribution in [0.2, 0.25) is 0 Å². The van der Waals surface area contributed by atoms with Crippen LogP contribution in [0.3, 0.4) is 0 Å². The predicted molar refractivity (Wildman–Crippen MR) is 75.3 cm³/mol. The van der Waals surface area contributed by atoms with Gasteiger partial charge in [0.15, 0.2) is 0 Å². The summed E-state index contributed by atoms with van der Waals surface area (Å²) in [4.78, 5) is 6.88. The maximum atomic E-state index is 5.90. The number of fused-ring (bicyclic) bond motifs is 5. The molecule has 0 radical (unpaired) electrons. The van der Waals surface area contributed by atoms with Crippen LogP contribution in [0.5, 0.6) is 0 Å².